The summed E-state index contributed by atoms with van der Waals surface area (Å²) in [7, 11) is 0. The summed E-state index contributed by atoms with van der Waals surface area (Å²) in [4.78, 5) is 29.1. The number of benzene rings is 1. The topological polar surface area (TPSA) is 82.4 Å². The van der Waals surface area contributed by atoms with Crippen molar-refractivity contribution in [1.29, 1.82) is 5.26 Å². The molecule has 1 saturated heterocycles. The Kier molecular flexibility index (Phi) is 7.14. The molecule has 0 radical (unpaired) electrons. The molecule has 1 aliphatic carbocycles. The summed E-state index contributed by atoms with van der Waals surface area (Å²) >= 11 is 1.42. The number of carbonyl (C=O) groups is 2. The van der Waals surface area contributed by atoms with Crippen LogP contribution in [-0.4, -0.2) is 31.6 Å². The highest BCUT2D eigenvalue weighted by Gasteiger charge is 2.28. The van der Waals surface area contributed by atoms with E-state index in [-0.39, 0.29) is 12.2 Å². The van der Waals surface area contributed by atoms with Crippen molar-refractivity contribution in [2.24, 2.45) is 0 Å². The van der Waals surface area contributed by atoms with Gasteiger partial charge in [0.05, 0.1) is 12.2 Å². The molecule has 7 heteroatoms. The third kappa shape index (κ3) is 4.96. The lowest BCUT2D eigenvalue weighted by atomic mass is 9.95. The van der Waals surface area contributed by atoms with Crippen LogP contribution in [-0.2, 0) is 22.4 Å². The molecule has 0 saturated carbocycles. The van der Waals surface area contributed by atoms with Gasteiger partial charge in [-0.2, -0.15) is 5.26 Å². The molecule has 2 aromatic rings. The van der Waals surface area contributed by atoms with E-state index in [9.17, 15) is 14.9 Å². The van der Waals surface area contributed by atoms with E-state index in [2.05, 4.69) is 16.3 Å². The maximum Gasteiger partial charge on any atom is 0.341 e. The molecule has 6 nitrogen and oxygen atoms in total. The van der Waals surface area contributed by atoms with Gasteiger partial charge in [-0.25, -0.2) is 4.79 Å². The molecular formula is C26H29N3O3S. The minimum atomic E-state index is -0.510. The first-order valence-electron chi connectivity index (χ1n) is 11.6. The summed E-state index contributed by atoms with van der Waals surface area (Å²) in [5.74, 6) is -0.923. The van der Waals surface area contributed by atoms with Crippen LogP contribution in [0.4, 0.5) is 10.7 Å². The van der Waals surface area contributed by atoms with Crippen molar-refractivity contribution in [3.05, 3.63) is 50.9 Å². The van der Waals surface area contributed by atoms with Crippen LogP contribution >= 0.6 is 11.3 Å². The third-order valence-electron chi connectivity index (χ3n) is 6.27. The van der Waals surface area contributed by atoms with Crippen molar-refractivity contribution < 1.29 is 14.3 Å². The summed E-state index contributed by atoms with van der Waals surface area (Å²) in [6.45, 7) is 6.16. The van der Waals surface area contributed by atoms with Crippen LogP contribution in [0.1, 0.15) is 64.5 Å². The molecule has 172 valence electrons. The molecule has 1 aromatic heterocycles. The molecule has 1 aliphatic heterocycles. The number of aryl methyl sites for hydroxylation is 2. The van der Waals surface area contributed by atoms with Crippen molar-refractivity contribution in [2.75, 3.05) is 29.9 Å². The molecule has 1 aromatic carbocycles. The summed E-state index contributed by atoms with van der Waals surface area (Å²) in [5.41, 5.74) is 4.46. The summed E-state index contributed by atoms with van der Waals surface area (Å²) in [5, 5.41) is 13.0. The van der Waals surface area contributed by atoms with Crippen molar-refractivity contribution >= 4 is 40.0 Å². The highest BCUT2D eigenvalue weighted by molar-refractivity contribution is 7.17. The predicted octanol–water partition coefficient (Wildman–Crippen LogP) is 5.26. The first kappa shape index (κ1) is 23.1. The molecule has 0 bridgehead atoms. The number of nitrogens with zero attached hydrogens (tertiary/aromatic N) is 2. The Morgan fingerprint density at radius 3 is 2.67 bits per heavy atom. The van der Waals surface area contributed by atoms with Crippen molar-refractivity contribution in [3.63, 3.8) is 0 Å². The highest BCUT2D eigenvalue weighted by atomic mass is 32.1. The Morgan fingerprint density at radius 2 is 1.97 bits per heavy atom. The SMILES string of the molecule is CCOC(=O)c1c(NC(=O)/C(C#N)=C\c2ccc(N3CCCC3)cc2C)sc2c1CCCC2. The Morgan fingerprint density at radius 1 is 1.21 bits per heavy atom. The molecule has 0 atom stereocenters. The average molecular weight is 464 g/mol. The molecule has 4 rings (SSSR count). The van der Waals surface area contributed by atoms with E-state index >= 15 is 0 Å². The Hall–Kier alpha value is -3.11. The van der Waals surface area contributed by atoms with E-state index in [0.717, 1.165) is 60.3 Å². The number of ether oxygens (including phenoxy) is 1. The van der Waals surface area contributed by atoms with Gasteiger partial charge < -0.3 is 15.0 Å². The zero-order chi connectivity index (χ0) is 23.4. The Bertz CT molecular complexity index is 1140. The molecule has 0 unspecified atom stereocenters. The van der Waals surface area contributed by atoms with Crippen LogP contribution in [0, 0.1) is 18.3 Å². The van der Waals surface area contributed by atoms with Crippen LogP contribution in [0.5, 0.6) is 0 Å². The monoisotopic (exact) mass is 463 g/mol. The molecule has 1 amide bonds. The number of fused-ring (bicyclic) bond motifs is 1. The smallest absolute Gasteiger partial charge is 0.341 e. The number of nitriles is 1. The standard InChI is InChI=1S/C26H29N3O3S/c1-3-32-26(31)23-21-8-4-5-9-22(21)33-25(23)28-24(30)19(16-27)15-18-10-11-20(14-17(18)2)29-12-6-7-13-29/h10-11,14-15H,3-9,12-13H2,1-2H3,(H,28,30)/b19-15-. The zero-order valence-corrected chi connectivity index (χ0v) is 20.0. The van der Waals surface area contributed by atoms with Crippen molar-refractivity contribution in [1.82, 2.24) is 0 Å². The second-order valence-electron chi connectivity index (χ2n) is 8.49. The first-order chi connectivity index (χ1) is 16.0. The number of nitrogens with one attached hydrogen (secondary N) is 1. The molecule has 1 N–H and O–H groups in total. The highest BCUT2D eigenvalue weighted by Crippen LogP contribution is 2.39. The number of anilines is 2. The van der Waals surface area contributed by atoms with Gasteiger partial charge in [0.25, 0.3) is 5.91 Å². The van der Waals surface area contributed by atoms with Gasteiger partial charge in [0.15, 0.2) is 0 Å². The largest absolute Gasteiger partial charge is 0.462 e. The maximum atomic E-state index is 13.0. The zero-order valence-electron chi connectivity index (χ0n) is 19.2. The molecule has 2 aliphatic rings. The maximum absolute atomic E-state index is 13.0. The van der Waals surface area contributed by atoms with Gasteiger partial charge >= 0.3 is 5.97 Å². The number of hydrogen-bond acceptors (Lipinski definition) is 6. The average Bonchev–Trinajstić information content (AvgIpc) is 3.46. The van der Waals surface area contributed by atoms with Crippen molar-refractivity contribution in [3.8, 4) is 6.07 Å². The fourth-order valence-electron chi connectivity index (χ4n) is 4.54. The number of carbonyl (C=O) groups excluding carboxylic acids is 2. The number of rotatable bonds is 6. The van der Waals surface area contributed by atoms with E-state index < -0.39 is 11.9 Å². The summed E-state index contributed by atoms with van der Waals surface area (Å²) in [6, 6.07) is 8.14. The number of hydrogen-bond donors (Lipinski definition) is 1. The minimum Gasteiger partial charge on any atom is -0.462 e. The quantitative estimate of drug-likeness (QED) is 0.359. The van der Waals surface area contributed by atoms with Gasteiger partial charge in [0.2, 0.25) is 0 Å². The number of amides is 1. The van der Waals surface area contributed by atoms with Crippen LogP contribution in [0.2, 0.25) is 0 Å². The molecular weight excluding hydrogens is 434 g/mol. The van der Waals surface area contributed by atoms with Gasteiger partial charge in [0.1, 0.15) is 16.6 Å². The van der Waals surface area contributed by atoms with E-state index in [0.29, 0.717) is 10.6 Å². The van der Waals surface area contributed by atoms with Crippen LogP contribution in [0.15, 0.2) is 23.8 Å². The van der Waals surface area contributed by atoms with E-state index in [4.69, 9.17) is 4.74 Å². The van der Waals surface area contributed by atoms with Gasteiger partial charge in [-0.15, -0.1) is 11.3 Å². The van der Waals surface area contributed by atoms with Crippen LogP contribution < -0.4 is 10.2 Å². The van der Waals surface area contributed by atoms with Crippen molar-refractivity contribution in [2.45, 2.75) is 52.4 Å². The number of esters is 1. The van der Waals surface area contributed by atoms with Gasteiger partial charge in [-0.3, -0.25) is 4.79 Å². The van der Waals surface area contributed by atoms with Gasteiger partial charge in [-0.05, 0) is 87.3 Å². The van der Waals surface area contributed by atoms with E-state index in [1.807, 2.05) is 25.1 Å². The Labute approximate surface area is 198 Å². The Balaban J connectivity index is 1.59. The summed E-state index contributed by atoms with van der Waals surface area (Å²) < 4.78 is 5.26. The molecule has 33 heavy (non-hydrogen) atoms. The second kappa shape index (κ2) is 10.2. The molecule has 0 spiro atoms. The lowest BCUT2D eigenvalue weighted by molar-refractivity contribution is -0.112. The van der Waals surface area contributed by atoms with Crippen LogP contribution in [0.3, 0.4) is 0 Å². The normalized spacial score (nSPS) is 15.7. The van der Waals surface area contributed by atoms with E-state index in [1.54, 1.807) is 13.0 Å². The van der Waals surface area contributed by atoms with Gasteiger partial charge in [-0.1, -0.05) is 6.07 Å². The lowest BCUT2D eigenvalue weighted by Gasteiger charge is -2.18. The van der Waals surface area contributed by atoms with Gasteiger partial charge in [0, 0.05) is 23.7 Å². The molecule has 1 fully saturated rings. The minimum absolute atomic E-state index is 0.00760. The number of thiophene rings is 1. The van der Waals surface area contributed by atoms with E-state index in [1.165, 1.54) is 29.9 Å². The third-order valence-corrected chi connectivity index (χ3v) is 7.47. The molecule has 2 heterocycles. The fraction of sp³-hybridized carbons (Fsp3) is 0.423. The summed E-state index contributed by atoms with van der Waals surface area (Å²) in [6.07, 6.45) is 7.82. The van der Waals surface area contributed by atoms with Crippen LogP contribution in [0.25, 0.3) is 6.08 Å². The predicted molar refractivity (Wildman–Crippen MR) is 132 cm³/mol. The second-order valence-corrected chi connectivity index (χ2v) is 9.60. The fourth-order valence-corrected chi connectivity index (χ4v) is 5.81. The first-order valence-corrected chi connectivity index (χ1v) is 12.4. The lowest BCUT2D eigenvalue weighted by Crippen LogP contribution is -2.17.